The maximum Gasteiger partial charge on any atom is 0.416 e. The third kappa shape index (κ3) is 5.38. The van der Waals surface area contributed by atoms with Gasteiger partial charge in [-0.1, -0.05) is 0 Å². The molecule has 0 spiro atoms. The predicted molar refractivity (Wildman–Crippen MR) is 108 cm³/mol. The molecule has 1 heterocycles. The highest BCUT2D eigenvalue weighted by Gasteiger charge is 2.32. The minimum absolute atomic E-state index is 0.165. The van der Waals surface area contributed by atoms with Gasteiger partial charge in [0.05, 0.1) is 29.7 Å². The molecule has 1 saturated heterocycles. The molecule has 0 atom stereocenters. The summed E-state index contributed by atoms with van der Waals surface area (Å²) in [5.74, 6) is -0.751. The molecular formula is C23H21F3N2O4. The fourth-order valence-electron chi connectivity index (χ4n) is 3.42. The Morgan fingerprint density at radius 1 is 1.09 bits per heavy atom. The van der Waals surface area contributed by atoms with Crippen molar-refractivity contribution in [1.29, 1.82) is 5.26 Å². The van der Waals surface area contributed by atoms with Gasteiger partial charge in [0.1, 0.15) is 0 Å². The van der Waals surface area contributed by atoms with Gasteiger partial charge < -0.3 is 14.4 Å². The van der Waals surface area contributed by atoms with Crippen molar-refractivity contribution in [2.24, 2.45) is 5.92 Å². The monoisotopic (exact) mass is 446 g/mol. The molecule has 0 bridgehead atoms. The van der Waals surface area contributed by atoms with Crippen LogP contribution in [0.1, 0.15) is 41.3 Å². The summed E-state index contributed by atoms with van der Waals surface area (Å²) in [4.78, 5) is 26.7. The highest BCUT2D eigenvalue weighted by atomic mass is 19.4. The fourth-order valence-corrected chi connectivity index (χ4v) is 3.42. The van der Waals surface area contributed by atoms with E-state index < -0.39 is 23.6 Å². The normalized spacial score (nSPS) is 14.5. The van der Waals surface area contributed by atoms with Gasteiger partial charge >= 0.3 is 12.1 Å². The summed E-state index contributed by atoms with van der Waals surface area (Å²) >= 11 is 0. The molecule has 1 aliphatic rings. The maximum atomic E-state index is 12.7. The summed E-state index contributed by atoms with van der Waals surface area (Å²) in [5, 5.41) is 9.01. The minimum Gasteiger partial charge on any atom is -0.490 e. The van der Waals surface area contributed by atoms with Crippen LogP contribution in [0, 0.1) is 17.2 Å². The number of hydrogen-bond donors (Lipinski definition) is 0. The number of halogens is 3. The Balaban J connectivity index is 1.59. The number of esters is 1. The van der Waals surface area contributed by atoms with Crippen molar-refractivity contribution < 1.29 is 32.2 Å². The summed E-state index contributed by atoms with van der Waals surface area (Å²) in [7, 11) is 0. The van der Waals surface area contributed by atoms with Gasteiger partial charge in [0, 0.05) is 24.7 Å². The zero-order chi connectivity index (χ0) is 23.3. The van der Waals surface area contributed by atoms with Crippen molar-refractivity contribution in [3.63, 3.8) is 0 Å². The first-order valence-corrected chi connectivity index (χ1v) is 10.1. The number of ether oxygens (including phenoxy) is 2. The number of hydrogen-bond acceptors (Lipinski definition) is 5. The molecule has 9 heteroatoms. The van der Waals surface area contributed by atoms with E-state index in [1.54, 1.807) is 6.92 Å². The van der Waals surface area contributed by atoms with E-state index in [-0.39, 0.29) is 30.3 Å². The number of piperidine rings is 1. The standard InChI is InChI=1S/C23H21F3N2O4/c1-2-31-20-13-15(14-27)3-8-19(20)32-22(30)17-9-11-28(12-10-17)21(29)16-4-6-18(7-5-16)23(24,25)26/h3-8,13,17H,2,9-12H2,1H3. The summed E-state index contributed by atoms with van der Waals surface area (Å²) in [6, 6.07) is 10.6. The Bertz CT molecular complexity index is 1020. The zero-order valence-electron chi connectivity index (χ0n) is 17.3. The minimum atomic E-state index is -4.46. The Morgan fingerprint density at radius 3 is 2.31 bits per heavy atom. The van der Waals surface area contributed by atoms with Crippen molar-refractivity contribution in [3.8, 4) is 17.6 Å². The van der Waals surface area contributed by atoms with Gasteiger partial charge in [-0.3, -0.25) is 9.59 Å². The van der Waals surface area contributed by atoms with Crippen LogP contribution in [0.3, 0.4) is 0 Å². The van der Waals surface area contributed by atoms with Gasteiger partial charge in [-0.25, -0.2) is 0 Å². The summed E-state index contributed by atoms with van der Waals surface area (Å²) in [5.41, 5.74) is -0.272. The van der Waals surface area contributed by atoms with E-state index in [2.05, 4.69) is 0 Å². The van der Waals surface area contributed by atoms with Crippen LogP contribution < -0.4 is 9.47 Å². The van der Waals surface area contributed by atoms with Gasteiger partial charge in [-0.15, -0.1) is 0 Å². The van der Waals surface area contributed by atoms with Crippen molar-refractivity contribution in [1.82, 2.24) is 4.90 Å². The van der Waals surface area contributed by atoms with E-state index in [9.17, 15) is 22.8 Å². The number of amides is 1. The van der Waals surface area contributed by atoms with Crippen LogP contribution in [0.5, 0.6) is 11.5 Å². The average Bonchev–Trinajstić information content (AvgIpc) is 2.79. The number of nitriles is 1. The molecule has 0 unspecified atom stereocenters. The van der Waals surface area contributed by atoms with Crippen molar-refractivity contribution >= 4 is 11.9 Å². The number of carbonyl (C=O) groups is 2. The summed E-state index contributed by atoms with van der Waals surface area (Å²) < 4.78 is 49.0. The smallest absolute Gasteiger partial charge is 0.416 e. The number of carbonyl (C=O) groups excluding carboxylic acids is 2. The van der Waals surface area contributed by atoms with Crippen LogP contribution in [0.4, 0.5) is 13.2 Å². The lowest BCUT2D eigenvalue weighted by Crippen LogP contribution is -2.41. The third-order valence-electron chi connectivity index (χ3n) is 5.16. The number of alkyl halides is 3. The second kappa shape index (κ2) is 9.73. The van der Waals surface area contributed by atoms with E-state index in [4.69, 9.17) is 14.7 Å². The summed E-state index contributed by atoms with van der Waals surface area (Å²) in [6.45, 7) is 2.68. The zero-order valence-corrected chi connectivity index (χ0v) is 17.3. The molecule has 168 valence electrons. The molecule has 1 fully saturated rings. The summed E-state index contributed by atoms with van der Waals surface area (Å²) in [6.07, 6.45) is -3.73. The maximum absolute atomic E-state index is 12.7. The quantitative estimate of drug-likeness (QED) is 0.501. The topological polar surface area (TPSA) is 79.6 Å². The molecule has 2 aromatic rings. The Labute approximate surface area is 183 Å². The highest BCUT2D eigenvalue weighted by Crippen LogP contribution is 2.31. The number of nitrogens with zero attached hydrogens (tertiary/aromatic N) is 2. The molecular weight excluding hydrogens is 425 g/mol. The van der Waals surface area contributed by atoms with Crippen molar-refractivity contribution in [3.05, 3.63) is 59.2 Å². The molecule has 0 aliphatic carbocycles. The first-order valence-electron chi connectivity index (χ1n) is 10.1. The van der Waals surface area contributed by atoms with E-state index in [1.165, 1.54) is 23.1 Å². The van der Waals surface area contributed by atoms with Crippen molar-refractivity contribution in [2.45, 2.75) is 25.9 Å². The van der Waals surface area contributed by atoms with E-state index in [0.717, 1.165) is 24.3 Å². The molecule has 1 amide bonds. The lowest BCUT2D eigenvalue weighted by atomic mass is 9.96. The van der Waals surface area contributed by atoms with Crippen LogP contribution in [-0.2, 0) is 11.0 Å². The van der Waals surface area contributed by atoms with Gasteiger partial charge in [0.25, 0.3) is 5.91 Å². The molecule has 1 aliphatic heterocycles. The second-order valence-corrected chi connectivity index (χ2v) is 7.27. The SMILES string of the molecule is CCOc1cc(C#N)ccc1OC(=O)C1CCN(C(=O)c2ccc(C(F)(F)F)cc2)CC1. The Hall–Kier alpha value is -3.54. The first kappa shape index (κ1) is 23.1. The van der Waals surface area contributed by atoms with Crippen LogP contribution in [0.15, 0.2) is 42.5 Å². The van der Waals surface area contributed by atoms with E-state index in [0.29, 0.717) is 30.8 Å². The van der Waals surface area contributed by atoms with Crippen LogP contribution in [0.2, 0.25) is 0 Å². The van der Waals surface area contributed by atoms with Gasteiger partial charge in [-0.05, 0) is 56.2 Å². The van der Waals surface area contributed by atoms with Gasteiger partial charge in [0.15, 0.2) is 11.5 Å². The Morgan fingerprint density at radius 2 is 1.75 bits per heavy atom. The lowest BCUT2D eigenvalue weighted by molar-refractivity contribution is -0.140. The number of rotatable bonds is 5. The molecule has 32 heavy (non-hydrogen) atoms. The van der Waals surface area contributed by atoms with Gasteiger partial charge in [0.2, 0.25) is 0 Å². The molecule has 3 rings (SSSR count). The number of likely N-dealkylation sites (tertiary alicyclic amines) is 1. The van der Waals surface area contributed by atoms with E-state index in [1.807, 2.05) is 6.07 Å². The second-order valence-electron chi connectivity index (χ2n) is 7.27. The average molecular weight is 446 g/mol. The molecule has 0 radical (unpaired) electrons. The fraction of sp³-hybridized carbons (Fsp3) is 0.348. The molecule has 0 aromatic heterocycles. The molecule has 6 nitrogen and oxygen atoms in total. The van der Waals surface area contributed by atoms with Gasteiger partial charge in [-0.2, -0.15) is 18.4 Å². The van der Waals surface area contributed by atoms with E-state index >= 15 is 0 Å². The Kier molecular flexibility index (Phi) is 7.03. The highest BCUT2D eigenvalue weighted by molar-refractivity contribution is 5.94. The molecule has 0 saturated carbocycles. The van der Waals surface area contributed by atoms with Crippen LogP contribution in [-0.4, -0.2) is 36.5 Å². The third-order valence-corrected chi connectivity index (χ3v) is 5.16. The first-order chi connectivity index (χ1) is 15.2. The number of benzene rings is 2. The lowest BCUT2D eigenvalue weighted by Gasteiger charge is -2.31. The van der Waals surface area contributed by atoms with Crippen LogP contribution in [0.25, 0.3) is 0 Å². The molecule has 0 N–H and O–H groups in total. The largest absolute Gasteiger partial charge is 0.490 e. The van der Waals surface area contributed by atoms with Crippen molar-refractivity contribution in [2.75, 3.05) is 19.7 Å². The predicted octanol–water partition coefficient (Wildman–Crippen LogP) is 4.43. The van der Waals surface area contributed by atoms with Crippen LogP contribution >= 0.6 is 0 Å². The molecule has 2 aromatic carbocycles.